The number of piperidine rings is 1. The van der Waals surface area contributed by atoms with E-state index in [0.29, 0.717) is 5.92 Å². The first-order valence-corrected chi connectivity index (χ1v) is 7.41. The van der Waals surface area contributed by atoms with Crippen molar-refractivity contribution in [1.82, 2.24) is 4.90 Å². The number of hydrogen-bond acceptors (Lipinski definition) is 2. The van der Waals surface area contributed by atoms with Crippen LogP contribution in [0.5, 0.6) is 0 Å². The van der Waals surface area contributed by atoms with Gasteiger partial charge in [0.15, 0.2) is 0 Å². The lowest BCUT2D eigenvalue weighted by Gasteiger charge is -2.37. The summed E-state index contributed by atoms with van der Waals surface area (Å²) >= 11 is 0. The van der Waals surface area contributed by atoms with Crippen molar-refractivity contribution in [1.29, 1.82) is 0 Å². The third-order valence-electron chi connectivity index (χ3n) is 4.26. The first-order valence-electron chi connectivity index (χ1n) is 7.41. The number of nitrogens with two attached hydrogens (primary N) is 1. The van der Waals surface area contributed by atoms with Crippen molar-refractivity contribution in [2.75, 3.05) is 6.54 Å². The second kappa shape index (κ2) is 6.21. The Morgan fingerprint density at radius 2 is 1.60 bits per heavy atom. The molecule has 0 bridgehead atoms. The largest absolute Gasteiger partial charge is 0.316 e. The second-order valence-corrected chi connectivity index (χ2v) is 5.66. The molecule has 1 heterocycles. The first-order chi connectivity index (χ1) is 9.83. The Balaban J connectivity index is 1.63. The van der Waals surface area contributed by atoms with E-state index in [4.69, 9.17) is 5.73 Å². The highest BCUT2D eigenvalue weighted by Crippen LogP contribution is 2.30. The molecule has 1 aliphatic rings. The van der Waals surface area contributed by atoms with Crippen molar-refractivity contribution in [2.24, 2.45) is 5.73 Å². The fourth-order valence-corrected chi connectivity index (χ4v) is 3.09. The van der Waals surface area contributed by atoms with E-state index in [0.717, 1.165) is 19.5 Å². The van der Waals surface area contributed by atoms with Crippen LogP contribution in [-0.4, -0.2) is 17.6 Å². The normalized spacial score (nSPS) is 23.6. The van der Waals surface area contributed by atoms with E-state index < -0.39 is 0 Å². The Kier molecular flexibility index (Phi) is 4.14. The zero-order chi connectivity index (χ0) is 13.8. The molecule has 2 heteroatoms. The van der Waals surface area contributed by atoms with Gasteiger partial charge in [-0.25, -0.2) is 0 Å². The monoisotopic (exact) mass is 266 g/mol. The van der Waals surface area contributed by atoms with E-state index in [1.807, 2.05) is 0 Å². The molecule has 0 aromatic heterocycles. The molecule has 2 aromatic rings. The molecule has 3 rings (SSSR count). The van der Waals surface area contributed by atoms with Gasteiger partial charge in [0.1, 0.15) is 0 Å². The summed E-state index contributed by atoms with van der Waals surface area (Å²) in [5.41, 5.74) is 9.16. The van der Waals surface area contributed by atoms with Gasteiger partial charge in [-0.05, 0) is 29.9 Å². The highest BCUT2D eigenvalue weighted by atomic mass is 15.2. The van der Waals surface area contributed by atoms with E-state index in [-0.39, 0.29) is 6.17 Å². The molecule has 0 spiro atoms. The van der Waals surface area contributed by atoms with Crippen LogP contribution < -0.4 is 5.73 Å². The third kappa shape index (κ3) is 3.09. The van der Waals surface area contributed by atoms with E-state index in [1.165, 1.54) is 17.5 Å². The van der Waals surface area contributed by atoms with Gasteiger partial charge in [-0.3, -0.25) is 4.90 Å². The van der Waals surface area contributed by atoms with Crippen molar-refractivity contribution >= 4 is 0 Å². The van der Waals surface area contributed by atoms with Gasteiger partial charge in [0.25, 0.3) is 0 Å². The standard InChI is InChI=1S/C18H22N2/c19-18-13-17(16-9-5-2-6-10-16)11-12-20(18)14-15-7-3-1-4-8-15/h1-10,17-18H,11-14,19H2. The summed E-state index contributed by atoms with van der Waals surface area (Å²) in [6.07, 6.45) is 2.41. The summed E-state index contributed by atoms with van der Waals surface area (Å²) in [7, 11) is 0. The lowest BCUT2D eigenvalue weighted by atomic mass is 9.88. The lowest BCUT2D eigenvalue weighted by Crippen LogP contribution is -2.46. The summed E-state index contributed by atoms with van der Waals surface area (Å²) in [6, 6.07) is 21.4. The first kappa shape index (κ1) is 13.3. The van der Waals surface area contributed by atoms with E-state index >= 15 is 0 Å². The molecule has 1 fully saturated rings. The van der Waals surface area contributed by atoms with Crippen molar-refractivity contribution in [2.45, 2.75) is 31.5 Å². The van der Waals surface area contributed by atoms with Gasteiger partial charge < -0.3 is 5.73 Å². The van der Waals surface area contributed by atoms with Gasteiger partial charge in [0, 0.05) is 13.1 Å². The number of hydrogen-bond donors (Lipinski definition) is 1. The molecule has 0 amide bonds. The molecule has 2 N–H and O–H groups in total. The van der Waals surface area contributed by atoms with Gasteiger partial charge in [-0.1, -0.05) is 60.7 Å². The molecule has 2 atom stereocenters. The van der Waals surface area contributed by atoms with Crippen molar-refractivity contribution in [3.05, 3.63) is 71.8 Å². The molecule has 2 unspecified atom stereocenters. The minimum absolute atomic E-state index is 0.161. The zero-order valence-corrected chi connectivity index (χ0v) is 11.8. The van der Waals surface area contributed by atoms with Crippen molar-refractivity contribution < 1.29 is 0 Å². The summed E-state index contributed by atoms with van der Waals surface area (Å²) in [5, 5.41) is 0. The van der Waals surface area contributed by atoms with Crippen LogP contribution in [0.1, 0.15) is 29.9 Å². The molecule has 0 aliphatic carbocycles. The Bertz CT molecular complexity index is 524. The Labute approximate surface area is 121 Å². The molecule has 104 valence electrons. The number of rotatable bonds is 3. The Morgan fingerprint density at radius 3 is 2.25 bits per heavy atom. The summed E-state index contributed by atoms with van der Waals surface area (Å²) in [5.74, 6) is 0.609. The number of nitrogens with zero attached hydrogens (tertiary/aromatic N) is 1. The van der Waals surface area contributed by atoms with E-state index in [2.05, 4.69) is 65.6 Å². The van der Waals surface area contributed by atoms with Crippen molar-refractivity contribution in [3.8, 4) is 0 Å². The van der Waals surface area contributed by atoms with Gasteiger partial charge >= 0.3 is 0 Å². The fourth-order valence-electron chi connectivity index (χ4n) is 3.09. The van der Waals surface area contributed by atoms with E-state index in [1.54, 1.807) is 0 Å². The maximum atomic E-state index is 6.38. The van der Waals surface area contributed by atoms with Gasteiger partial charge in [0.2, 0.25) is 0 Å². The topological polar surface area (TPSA) is 29.3 Å². The third-order valence-corrected chi connectivity index (χ3v) is 4.26. The van der Waals surface area contributed by atoms with Crippen LogP contribution in [0.25, 0.3) is 0 Å². The molecule has 0 saturated carbocycles. The number of likely N-dealkylation sites (tertiary alicyclic amines) is 1. The maximum Gasteiger partial charge on any atom is 0.0580 e. The predicted octanol–water partition coefficient (Wildman–Crippen LogP) is 3.35. The van der Waals surface area contributed by atoms with E-state index in [9.17, 15) is 0 Å². The molecule has 1 aliphatic heterocycles. The summed E-state index contributed by atoms with van der Waals surface area (Å²) in [4.78, 5) is 2.40. The van der Waals surface area contributed by atoms with Crippen LogP contribution in [-0.2, 0) is 6.54 Å². The molecule has 2 nitrogen and oxygen atoms in total. The average molecular weight is 266 g/mol. The Morgan fingerprint density at radius 1 is 0.950 bits per heavy atom. The quantitative estimate of drug-likeness (QED) is 0.923. The van der Waals surface area contributed by atoms with Crippen LogP contribution in [0.2, 0.25) is 0 Å². The molecule has 0 radical (unpaired) electrons. The average Bonchev–Trinajstić information content (AvgIpc) is 2.51. The molecular weight excluding hydrogens is 244 g/mol. The highest BCUT2D eigenvalue weighted by Gasteiger charge is 2.26. The van der Waals surface area contributed by atoms with Crippen LogP contribution in [0.15, 0.2) is 60.7 Å². The maximum absolute atomic E-state index is 6.38. The second-order valence-electron chi connectivity index (χ2n) is 5.66. The smallest absolute Gasteiger partial charge is 0.0580 e. The van der Waals surface area contributed by atoms with Crippen LogP contribution in [0.3, 0.4) is 0 Å². The van der Waals surface area contributed by atoms with Crippen molar-refractivity contribution in [3.63, 3.8) is 0 Å². The van der Waals surface area contributed by atoms with Gasteiger partial charge in [-0.2, -0.15) is 0 Å². The summed E-state index contributed by atoms with van der Waals surface area (Å²) < 4.78 is 0. The van der Waals surface area contributed by atoms with Crippen LogP contribution in [0.4, 0.5) is 0 Å². The zero-order valence-electron chi connectivity index (χ0n) is 11.8. The molecule has 1 saturated heterocycles. The summed E-state index contributed by atoms with van der Waals surface area (Å²) in [6.45, 7) is 2.04. The predicted molar refractivity (Wildman–Crippen MR) is 83.2 cm³/mol. The van der Waals surface area contributed by atoms with Crippen LogP contribution >= 0.6 is 0 Å². The number of benzene rings is 2. The minimum atomic E-state index is 0.161. The molecular formula is C18H22N2. The minimum Gasteiger partial charge on any atom is -0.316 e. The Hall–Kier alpha value is -1.64. The fraction of sp³-hybridized carbons (Fsp3) is 0.333. The highest BCUT2D eigenvalue weighted by molar-refractivity contribution is 5.21. The molecule has 20 heavy (non-hydrogen) atoms. The van der Waals surface area contributed by atoms with Crippen LogP contribution in [0, 0.1) is 0 Å². The SMILES string of the molecule is NC1CC(c2ccccc2)CCN1Cc1ccccc1. The molecule has 2 aromatic carbocycles. The lowest BCUT2D eigenvalue weighted by molar-refractivity contribution is 0.130. The van der Waals surface area contributed by atoms with Gasteiger partial charge in [0.05, 0.1) is 6.17 Å². The van der Waals surface area contributed by atoms with Gasteiger partial charge in [-0.15, -0.1) is 0 Å².